The number of carbonyl (C=O) groups excluding carboxylic acids is 4. The van der Waals surface area contributed by atoms with Crippen LogP contribution in [0.2, 0.25) is 0 Å². The van der Waals surface area contributed by atoms with Crippen molar-refractivity contribution in [2.45, 2.75) is 143 Å². The summed E-state index contributed by atoms with van der Waals surface area (Å²) in [7, 11) is 0. The Bertz CT molecular complexity index is 584. The predicted molar refractivity (Wildman–Crippen MR) is 146 cm³/mol. The molecule has 0 atom stereocenters. The second-order valence-electron chi connectivity index (χ2n) is 9.61. The minimum atomic E-state index is -5.17. The van der Waals surface area contributed by atoms with Gasteiger partial charge in [-0.1, -0.05) is 0 Å². The molecule has 0 aliphatic heterocycles. The monoisotopic (exact) mass is 636 g/mol. The summed E-state index contributed by atoms with van der Waals surface area (Å²) in [5.74, 6) is -2.02. The fraction of sp³-hybridized carbons (Fsp3) is 0.857. The summed E-state index contributed by atoms with van der Waals surface area (Å²) in [4.78, 5) is 50.0. The van der Waals surface area contributed by atoms with Crippen LogP contribution in [-0.2, 0) is 31.5 Å². The molecule has 0 fully saturated rings. The topological polar surface area (TPSA) is 105 Å². The Labute approximate surface area is 231 Å². The Morgan fingerprint density at radius 2 is 0.838 bits per heavy atom. The van der Waals surface area contributed by atoms with E-state index in [4.69, 9.17) is 12.3 Å². The van der Waals surface area contributed by atoms with Gasteiger partial charge in [0.15, 0.2) is 0 Å². The Balaban J connectivity index is 5.14. The molecule has 0 saturated heterocycles. The molecular weight excluding hydrogens is 583 g/mol. The molecule has 0 unspecified atom stereocenters. The van der Waals surface area contributed by atoms with Crippen molar-refractivity contribution in [1.29, 1.82) is 0 Å². The second kappa shape index (κ2) is 24.1. The van der Waals surface area contributed by atoms with E-state index in [0.29, 0.717) is 25.7 Å². The van der Waals surface area contributed by atoms with Crippen LogP contribution in [0, 0.1) is 0 Å². The second-order valence-corrected chi connectivity index (χ2v) is 15.3. The zero-order valence-corrected chi connectivity index (χ0v) is 26.8. The zero-order chi connectivity index (χ0) is 27.8. The molecule has 0 N–H and O–H groups in total. The minimum absolute atomic E-state index is 0.204. The Hall–Kier alpha value is -1.00. The van der Waals surface area contributed by atoms with E-state index in [0.717, 1.165) is 77.0 Å². The molecule has 9 heteroatoms. The van der Waals surface area contributed by atoms with Crippen molar-refractivity contribution < 1.29 is 31.5 Å². The van der Waals surface area contributed by atoms with Crippen molar-refractivity contribution in [2.24, 2.45) is 0 Å². The van der Waals surface area contributed by atoms with Crippen molar-refractivity contribution in [3.05, 3.63) is 0 Å². The number of hydrogen-bond acceptors (Lipinski definition) is 8. The number of unbranched alkanes of at least 4 members (excludes halogenated alkanes) is 10. The van der Waals surface area contributed by atoms with Gasteiger partial charge in [-0.15, -0.1) is 0 Å². The number of ketones is 2. The molecule has 0 aliphatic rings. The van der Waals surface area contributed by atoms with E-state index < -0.39 is 44.8 Å². The molecule has 0 heterocycles. The predicted octanol–water partition coefficient (Wildman–Crippen LogP) is 6.78. The maximum atomic E-state index is 12.7. The third-order valence-electron chi connectivity index (χ3n) is 5.83. The summed E-state index contributed by atoms with van der Waals surface area (Å²) in [5, 5.41) is 0. The molecule has 0 amide bonds. The summed E-state index contributed by atoms with van der Waals surface area (Å²) in [6.45, 7) is 8.62. The average molecular weight is 635 g/mol. The van der Waals surface area contributed by atoms with Gasteiger partial charge in [0.1, 0.15) is 0 Å². The number of rotatable bonds is 26. The Morgan fingerprint density at radius 1 is 0.486 bits per heavy atom. The van der Waals surface area contributed by atoms with Gasteiger partial charge in [-0.05, 0) is 0 Å². The molecule has 0 spiro atoms. The summed E-state index contributed by atoms with van der Waals surface area (Å²) in [6, 6.07) is 0. The van der Waals surface area contributed by atoms with E-state index in [1.54, 1.807) is 0 Å². The van der Waals surface area contributed by atoms with Crippen LogP contribution in [0.5, 0.6) is 0 Å². The molecule has 0 aromatic heterocycles. The molecule has 216 valence electrons. The van der Waals surface area contributed by atoms with Crippen molar-refractivity contribution in [2.75, 3.05) is 13.2 Å². The Morgan fingerprint density at radius 3 is 1.19 bits per heavy atom. The standard InChI is InChI=1S/2C10H18O3.2C4H9O.Sn/c2*1-2-3-4-5-6-7-9(11)8-10(12)13;2*1-2-3-4-5;/h2*2-8H2,1H3,(H,12,13);2*2-4H2,1H3;/q;;2*-1;+4/p-2. The van der Waals surface area contributed by atoms with Gasteiger partial charge in [0.2, 0.25) is 0 Å². The molecule has 0 aromatic rings. The zero-order valence-electron chi connectivity index (χ0n) is 23.9. The van der Waals surface area contributed by atoms with Crippen LogP contribution in [0.3, 0.4) is 0 Å². The van der Waals surface area contributed by atoms with Crippen LogP contribution in [0.1, 0.15) is 143 Å². The molecule has 0 aliphatic carbocycles. The van der Waals surface area contributed by atoms with Gasteiger partial charge in [-0.3, -0.25) is 0 Å². The van der Waals surface area contributed by atoms with Crippen LogP contribution in [0.25, 0.3) is 0 Å². The fourth-order valence-corrected chi connectivity index (χ4v) is 8.85. The first-order valence-corrected chi connectivity index (χ1v) is 19.2. The van der Waals surface area contributed by atoms with Crippen molar-refractivity contribution in [3.8, 4) is 0 Å². The van der Waals surface area contributed by atoms with Crippen LogP contribution in [0.15, 0.2) is 0 Å². The van der Waals surface area contributed by atoms with Gasteiger partial charge >= 0.3 is 231 Å². The van der Waals surface area contributed by atoms with Gasteiger partial charge in [0, 0.05) is 0 Å². The van der Waals surface area contributed by atoms with E-state index in [1.807, 2.05) is 13.8 Å². The van der Waals surface area contributed by atoms with Crippen LogP contribution >= 0.6 is 0 Å². The molecule has 8 nitrogen and oxygen atoms in total. The van der Waals surface area contributed by atoms with E-state index in [-0.39, 0.29) is 24.8 Å². The first-order chi connectivity index (χ1) is 17.8. The molecular formula is C28H52O8Sn. The number of carbonyl (C=O) groups is 4. The maximum absolute atomic E-state index is 12.7. The van der Waals surface area contributed by atoms with E-state index in [9.17, 15) is 19.2 Å². The molecule has 0 aromatic carbocycles. The summed E-state index contributed by atoms with van der Waals surface area (Å²) in [6.07, 6.45) is 12.8. The van der Waals surface area contributed by atoms with E-state index in [1.165, 1.54) is 0 Å². The Kier molecular flexibility index (Phi) is 23.4. The van der Waals surface area contributed by atoms with Gasteiger partial charge in [-0.25, -0.2) is 0 Å². The van der Waals surface area contributed by atoms with Gasteiger partial charge in [0.05, 0.1) is 0 Å². The molecule has 0 bridgehead atoms. The normalized spacial score (nSPS) is 11.4. The first-order valence-electron chi connectivity index (χ1n) is 14.6. The molecule has 0 saturated carbocycles. The van der Waals surface area contributed by atoms with Crippen molar-refractivity contribution in [1.82, 2.24) is 0 Å². The van der Waals surface area contributed by atoms with Gasteiger partial charge in [0.25, 0.3) is 0 Å². The van der Waals surface area contributed by atoms with E-state index in [2.05, 4.69) is 13.8 Å². The molecule has 0 rings (SSSR count). The van der Waals surface area contributed by atoms with Gasteiger partial charge < -0.3 is 0 Å². The molecule has 37 heavy (non-hydrogen) atoms. The summed E-state index contributed by atoms with van der Waals surface area (Å²) < 4.78 is 22.9. The molecule has 0 radical (unpaired) electrons. The van der Waals surface area contributed by atoms with Crippen molar-refractivity contribution in [3.63, 3.8) is 0 Å². The average Bonchev–Trinajstić information content (AvgIpc) is 2.84. The van der Waals surface area contributed by atoms with E-state index >= 15 is 0 Å². The quantitative estimate of drug-likeness (QED) is 0.0582. The third-order valence-corrected chi connectivity index (χ3v) is 11.7. The first kappa shape index (κ1) is 36.0. The number of hydrogen-bond donors (Lipinski definition) is 0. The number of Topliss-reactive ketones (excluding diaryl/α,β-unsaturated/α-hetero) is 2. The van der Waals surface area contributed by atoms with Crippen LogP contribution in [-0.4, -0.2) is 56.8 Å². The SMILES string of the molecule is CCCCCCCC(=O)CC(=O)[O][Sn]([O]CCCC)([O]CCCC)[O]C(=O)CC(=O)CCCCCCC. The summed E-state index contributed by atoms with van der Waals surface area (Å²) >= 11 is -5.17. The fourth-order valence-electron chi connectivity index (χ4n) is 3.56. The summed E-state index contributed by atoms with van der Waals surface area (Å²) in [5.41, 5.74) is 0. The van der Waals surface area contributed by atoms with Crippen LogP contribution < -0.4 is 0 Å². The van der Waals surface area contributed by atoms with Crippen LogP contribution in [0.4, 0.5) is 0 Å². The van der Waals surface area contributed by atoms with Crippen molar-refractivity contribution >= 4 is 43.5 Å². The third kappa shape index (κ3) is 20.6. The van der Waals surface area contributed by atoms with Gasteiger partial charge in [-0.2, -0.15) is 0 Å².